The maximum atomic E-state index is 12.2. The molecule has 0 saturated carbocycles. The number of carbonyl (C=O) groups is 1. The van der Waals surface area contributed by atoms with E-state index in [9.17, 15) is 23.4 Å². The molecule has 0 unspecified atom stereocenters. The molecule has 144 valence electrons. The van der Waals surface area contributed by atoms with Crippen molar-refractivity contribution in [2.75, 3.05) is 13.7 Å². The molecule has 2 aliphatic rings. The summed E-state index contributed by atoms with van der Waals surface area (Å²) in [5, 5.41) is 20.3. The third kappa shape index (κ3) is 3.36. The van der Waals surface area contributed by atoms with E-state index < -0.39 is 52.9 Å². The van der Waals surface area contributed by atoms with Gasteiger partial charge in [0.15, 0.2) is 0 Å². The number of hydrogen-bond acceptors (Lipinski definition) is 9. The first kappa shape index (κ1) is 19.2. The summed E-state index contributed by atoms with van der Waals surface area (Å²) in [6, 6.07) is 6.03. The van der Waals surface area contributed by atoms with E-state index in [0.29, 0.717) is 0 Å². The quantitative estimate of drug-likeness (QED) is 0.488. The van der Waals surface area contributed by atoms with Gasteiger partial charge in [-0.15, -0.1) is 0 Å². The summed E-state index contributed by atoms with van der Waals surface area (Å²) in [6.07, 6.45) is -4.76. The number of fused-ring (bicyclic) bond motifs is 2. The number of hydrogen-bond donors (Lipinski definition) is 2. The number of aliphatic hydroxyl groups is 2. The molecule has 0 spiro atoms. The summed E-state index contributed by atoms with van der Waals surface area (Å²) < 4.78 is 44.7. The van der Waals surface area contributed by atoms with Gasteiger partial charge in [0.05, 0.1) is 24.7 Å². The van der Waals surface area contributed by atoms with Crippen LogP contribution in [0.3, 0.4) is 0 Å². The van der Waals surface area contributed by atoms with E-state index in [1.807, 2.05) is 6.92 Å². The zero-order chi connectivity index (χ0) is 19.1. The molecule has 3 rings (SSSR count). The van der Waals surface area contributed by atoms with E-state index in [0.717, 1.165) is 12.7 Å². The second-order valence-corrected chi connectivity index (χ2v) is 7.92. The molecule has 0 radical (unpaired) electrons. The van der Waals surface area contributed by atoms with Crippen molar-refractivity contribution in [2.24, 2.45) is 0 Å². The highest BCUT2D eigenvalue weighted by Gasteiger charge is 2.64. The fourth-order valence-electron chi connectivity index (χ4n) is 3.05. The van der Waals surface area contributed by atoms with E-state index in [4.69, 9.17) is 13.7 Å². The van der Waals surface area contributed by atoms with Crippen molar-refractivity contribution in [1.29, 1.82) is 0 Å². The van der Waals surface area contributed by atoms with E-state index in [-0.39, 0.29) is 11.3 Å². The minimum absolute atomic E-state index is 0.0496. The number of ether oxygens (including phenoxy) is 3. The molecule has 2 bridgehead atoms. The van der Waals surface area contributed by atoms with Crippen molar-refractivity contribution in [3.8, 4) is 0 Å². The summed E-state index contributed by atoms with van der Waals surface area (Å²) in [5.41, 5.74) is 0.888. The molecule has 1 aromatic carbocycles. The molecule has 0 aromatic heterocycles. The molecular formula is C16H20O9S. The van der Waals surface area contributed by atoms with Crippen LogP contribution >= 0.6 is 0 Å². The zero-order valence-electron chi connectivity index (χ0n) is 14.2. The summed E-state index contributed by atoms with van der Waals surface area (Å²) in [7, 11) is -2.93. The average molecular weight is 388 g/mol. The van der Waals surface area contributed by atoms with Crippen LogP contribution in [0.15, 0.2) is 29.2 Å². The number of methoxy groups -OCH3 is 1. The highest BCUT2D eigenvalue weighted by molar-refractivity contribution is 7.86. The highest BCUT2D eigenvalue weighted by atomic mass is 32.2. The van der Waals surface area contributed by atoms with Gasteiger partial charge in [-0.05, 0) is 19.1 Å². The van der Waals surface area contributed by atoms with Crippen molar-refractivity contribution in [3.05, 3.63) is 29.8 Å². The first-order valence-corrected chi connectivity index (χ1v) is 9.36. The second kappa shape index (κ2) is 6.87. The van der Waals surface area contributed by atoms with Crippen LogP contribution in [0.4, 0.5) is 0 Å². The topological polar surface area (TPSA) is 129 Å². The van der Waals surface area contributed by atoms with E-state index in [2.05, 4.69) is 4.74 Å². The molecule has 2 heterocycles. The normalized spacial score (nSPS) is 31.8. The van der Waals surface area contributed by atoms with Crippen LogP contribution in [-0.2, 0) is 33.3 Å². The van der Waals surface area contributed by atoms with Gasteiger partial charge in [-0.2, -0.15) is 8.42 Å². The van der Waals surface area contributed by atoms with Crippen LogP contribution in [0.1, 0.15) is 12.0 Å². The smallest absolute Gasteiger partial charge is 0.366 e. The van der Waals surface area contributed by atoms with E-state index in [1.165, 1.54) is 12.1 Å². The minimum atomic E-state index is -4.07. The first-order valence-electron chi connectivity index (χ1n) is 7.95. The Balaban J connectivity index is 1.66. The van der Waals surface area contributed by atoms with Crippen LogP contribution in [-0.4, -0.2) is 68.5 Å². The maximum absolute atomic E-state index is 12.2. The summed E-state index contributed by atoms with van der Waals surface area (Å²) in [5.74, 6) is -2.62. The first-order chi connectivity index (χ1) is 12.2. The number of rotatable bonds is 6. The third-order valence-corrected chi connectivity index (χ3v) is 5.71. The van der Waals surface area contributed by atoms with Crippen LogP contribution < -0.4 is 0 Å². The highest BCUT2D eigenvalue weighted by Crippen LogP contribution is 2.44. The van der Waals surface area contributed by atoms with Gasteiger partial charge in [0, 0.05) is 6.42 Å². The Kier molecular flexibility index (Phi) is 5.08. The van der Waals surface area contributed by atoms with E-state index >= 15 is 0 Å². The van der Waals surface area contributed by atoms with Gasteiger partial charge in [0.2, 0.25) is 0 Å². The molecule has 10 heteroatoms. The Morgan fingerprint density at radius 3 is 2.62 bits per heavy atom. The summed E-state index contributed by atoms with van der Waals surface area (Å²) in [4.78, 5) is 11.8. The Morgan fingerprint density at radius 2 is 2.00 bits per heavy atom. The van der Waals surface area contributed by atoms with Gasteiger partial charge < -0.3 is 24.4 Å². The predicted molar refractivity (Wildman–Crippen MR) is 85.4 cm³/mol. The number of carbonyl (C=O) groups excluding carboxylic acids is 1. The van der Waals surface area contributed by atoms with Crippen molar-refractivity contribution in [1.82, 2.24) is 0 Å². The number of aryl methyl sites for hydroxylation is 1. The zero-order valence-corrected chi connectivity index (χ0v) is 15.0. The van der Waals surface area contributed by atoms with Crippen LogP contribution in [0.5, 0.6) is 0 Å². The number of aliphatic hydroxyl groups excluding tert-OH is 2. The van der Waals surface area contributed by atoms with Crippen molar-refractivity contribution in [3.63, 3.8) is 0 Å². The van der Waals surface area contributed by atoms with Gasteiger partial charge in [-0.25, -0.2) is 4.79 Å². The van der Waals surface area contributed by atoms with Gasteiger partial charge in [-0.3, -0.25) is 4.18 Å². The van der Waals surface area contributed by atoms with E-state index in [1.54, 1.807) is 12.1 Å². The van der Waals surface area contributed by atoms with Crippen molar-refractivity contribution < 1.29 is 41.8 Å². The van der Waals surface area contributed by atoms with Crippen LogP contribution in [0, 0.1) is 6.92 Å². The Bertz CT molecular complexity index is 775. The lowest BCUT2D eigenvalue weighted by Gasteiger charge is -2.30. The SMILES string of the molecule is COC(=O)[C@@]12C[C@@H](O)[C@@H](O1)[C@@H]([C@H](O)COS(=O)(=O)c1ccc(C)cc1)O2. The Labute approximate surface area is 150 Å². The molecule has 0 amide bonds. The van der Waals surface area contributed by atoms with Gasteiger partial charge in [-0.1, -0.05) is 17.7 Å². The van der Waals surface area contributed by atoms with Crippen LogP contribution in [0.2, 0.25) is 0 Å². The maximum Gasteiger partial charge on any atom is 0.366 e. The fraction of sp³-hybridized carbons (Fsp3) is 0.562. The molecular weight excluding hydrogens is 368 g/mol. The third-order valence-electron chi connectivity index (χ3n) is 4.41. The molecule has 26 heavy (non-hydrogen) atoms. The molecule has 2 aliphatic heterocycles. The fourth-order valence-corrected chi connectivity index (χ4v) is 3.97. The molecule has 2 saturated heterocycles. The lowest BCUT2D eigenvalue weighted by atomic mass is 9.98. The standard InChI is InChI=1S/C16H20O9S/c1-9-3-5-10(6-4-9)26(20,21)23-8-12(18)14-13-11(17)7-16(24-13,25-14)15(19)22-2/h3-6,11-14,17-18H,7-8H2,1-2H3/t11-,12-,13-,14-,16+/m1/s1. The molecule has 0 aliphatic carbocycles. The number of esters is 1. The summed E-state index contributed by atoms with van der Waals surface area (Å²) in [6.45, 7) is 1.20. The molecule has 5 atom stereocenters. The van der Waals surface area contributed by atoms with Crippen LogP contribution in [0.25, 0.3) is 0 Å². The van der Waals surface area contributed by atoms with Gasteiger partial charge in [0.25, 0.3) is 15.9 Å². The lowest BCUT2D eigenvalue weighted by Crippen LogP contribution is -2.50. The van der Waals surface area contributed by atoms with Gasteiger partial charge >= 0.3 is 5.97 Å². The molecule has 2 N–H and O–H groups in total. The van der Waals surface area contributed by atoms with Crippen molar-refractivity contribution >= 4 is 16.1 Å². The number of benzene rings is 1. The van der Waals surface area contributed by atoms with Crippen molar-refractivity contribution in [2.45, 2.75) is 48.4 Å². The summed E-state index contributed by atoms with van der Waals surface area (Å²) >= 11 is 0. The molecule has 2 fully saturated rings. The largest absolute Gasteiger partial charge is 0.465 e. The minimum Gasteiger partial charge on any atom is -0.465 e. The Hall–Kier alpha value is -1.56. The predicted octanol–water partition coefficient (Wildman–Crippen LogP) is -0.521. The molecule has 1 aromatic rings. The molecule has 9 nitrogen and oxygen atoms in total. The average Bonchev–Trinajstić information content (AvgIpc) is 3.15. The lowest BCUT2D eigenvalue weighted by molar-refractivity contribution is -0.211. The Morgan fingerprint density at radius 1 is 1.35 bits per heavy atom. The second-order valence-electron chi connectivity index (χ2n) is 6.30. The van der Waals surface area contributed by atoms with Gasteiger partial charge in [0.1, 0.15) is 18.3 Å². The monoisotopic (exact) mass is 388 g/mol.